The summed E-state index contributed by atoms with van der Waals surface area (Å²) in [5.41, 5.74) is 3.58. The first-order chi connectivity index (χ1) is 9.74. The molecule has 0 aliphatic rings. The predicted molar refractivity (Wildman–Crippen MR) is 77.5 cm³/mol. The van der Waals surface area contributed by atoms with Crippen LogP contribution < -0.4 is 5.32 Å². The Labute approximate surface area is 119 Å². The van der Waals surface area contributed by atoms with Crippen LogP contribution in [0, 0.1) is 0 Å². The summed E-state index contributed by atoms with van der Waals surface area (Å²) in [5, 5.41) is 7.82. The van der Waals surface area contributed by atoms with Crippen molar-refractivity contribution in [3.63, 3.8) is 0 Å². The molecule has 0 aliphatic heterocycles. The number of nitrogens with one attached hydrogen (secondary N) is 1. The minimum Gasteiger partial charge on any atom is -0.383 e. The van der Waals surface area contributed by atoms with Gasteiger partial charge in [-0.25, -0.2) is 4.98 Å². The van der Waals surface area contributed by atoms with Gasteiger partial charge in [-0.1, -0.05) is 6.92 Å². The molecule has 0 aliphatic carbocycles. The molecule has 0 spiro atoms. The molecule has 110 valence electrons. The Morgan fingerprint density at radius 3 is 3.00 bits per heavy atom. The first kappa shape index (κ1) is 14.7. The highest BCUT2D eigenvalue weighted by Crippen LogP contribution is 2.11. The third kappa shape index (κ3) is 3.68. The Hall–Kier alpha value is -1.66. The molecule has 6 nitrogen and oxygen atoms in total. The zero-order chi connectivity index (χ0) is 14.4. The summed E-state index contributed by atoms with van der Waals surface area (Å²) in [6.45, 7) is 5.31. The molecule has 0 aromatic carbocycles. The lowest BCUT2D eigenvalue weighted by atomic mass is 10.2. The average molecular weight is 277 g/mol. The highest BCUT2D eigenvalue weighted by Gasteiger charge is 2.09. The summed E-state index contributed by atoms with van der Waals surface area (Å²) in [6.07, 6.45) is 6.81. The topological polar surface area (TPSA) is 56.9 Å². The number of imidazole rings is 1. The van der Waals surface area contributed by atoms with Gasteiger partial charge < -0.3 is 14.6 Å². The van der Waals surface area contributed by atoms with Gasteiger partial charge in [0.15, 0.2) is 0 Å². The number of hydrogen-bond donors (Lipinski definition) is 1. The van der Waals surface area contributed by atoms with E-state index in [0.717, 1.165) is 38.4 Å². The van der Waals surface area contributed by atoms with Gasteiger partial charge in [0.2, 0.25) is 0 Å². The summed E-state index contributed by atoms with van der Waals surface area (Å²) in [7, 11) is 3.67. The molecule has 0 saturated carbocycles. The molecule has 2 rings (SSSR count). The summed E-state index contributed by atoms with van der Waals surface area (Å²) < 4.78 is 9.06. The van der Waals surface area contributed by atoms with Crippen molar-refractivity contribution in [2.24, 2.45) is 7.05 Å². The Bertz CT molecular complexity index is 531. The molecular formula is C14H23N5O. The van der Waals surface area contributed by atoms with Crippen LogP contribution in [0.25, 0.3) is 0 Å². The second kappa shape index (κ2) is 7.21. The summed E-state index contributed by atoms with van der Waals surface area (Å²) in [4.78, 5) is 4.24. The van der Waals surface area contributed by atoms with Crippen molar-refractivity contribution in [3.8, 4) is 0 Å². The van der Waals surface area contributed by atoms with E-state index in [0.29, 0.717) is 0 Å². The number of aryl methyl sites for hydroxylation is 2. The van der Waals surface area contributed by atoms with Crippen molar-refractivity contribution in [1.82, 2.24) is 24.6 Å². The molecule has 0 saturated heterocycles. The molecule has 20 heavy (non-hydrogen) atoms. The molecule has 0 amide bonds. The number of nitrogens with zero attached hydrogens (tertiary/aromatic N) is 4. The van der Waals surface area contributed by atoms with Gasteiger partial charge in [-0.3, -0.25) is 4.68 Å². The van der Waals surface area contributed by atoms with Crippen LogP contribution in [-0.2, 0) is 31.3 Å². The van der Waals surface area contributed by atoms with Gasteiger partial charge in [0.05, 0.1) is 30.9 Å². The fourth-order valence-electron chi connectivity index (χ4n) is 2.23. The number of ether oxygens (including phenoxy) is 1. The summed E-state index contributed by atoms with van der Waals surface area (Å²) >= 11 is 0. The van der Waals surface area contributed by atoms with Crippen LogP contribution in [0.15, 0.2) is 18.7 Å². The van der Waals surface area contributed by atoms with E-state index < -0.39 is 0 Å². The van der Waals surface area contributed by atoms with Crippen molar-refractivity contribution in [2.45, 2.75) is 26.4 Å². The van der Waals surface area contributed by atoms with Gasteiger partial charge in [-0.15, -0.1) is 0 Å². The summed E-state index contributed by atoms with van der Waals surface area (Å²) in [6, 6.07) is 0. The minimum absolute atomic E-state index is 0.719. The van der Waals surface area contributed by atoms with Crippen molar-refractivity contribution in [2.75, 3.05) is 20.3 Å². The van der Waals surface area contributed by atoms with Gasteiger partial charge in [-0.2, -0.15) is 5.10 Å². The quantitative estimate of drug-likeness (QED) is 0.730. The zero-order valence-electron chi connectivity index (χ0n) is 12.5. The molecule has 6 heteroatoms. The van der Waals surface area contributed by atoms with E-state index in [2.05, 4.69) is 33.1 Å². The summed E-state index contributed by atoms with van der Waals surface area (Å²) in [5.74, 6) is 0. The van der Waals surface area contributed by atoms with Crippen molar-refractivity contribution >= 4 is 0 Å². The van der Waals surface area contributed by atoms with Crippen molar-refractivity contribution < 1.29 is 4.74 Å². The lowest BCUT2D eigenvalue weighted by Crippen LogP contribution is -2.20. The van der Waals surface area contributed by atoms with Crippen LogP contribution in [0.1, 0.15) is 23.9 Å². The normalized spacial score (nSPS) is 11.2. The molecule has 0 radical (unpaired) electrons. The Balaban J connectivity index is 2.00. The molecular weight excluding hydrogens is 254 g/mol. The monoisotopic (exact) mass is 277 g/mol. The van der Waals surface area contributed by atoms with Crippen LogP contribution in [-0.4, -0.2) is 39.6 Å². The highest BCUT2D eigenvalue weighted by atomic mass is 16.5. The van der Waals surface area contributed by atoms with Crippen LogP contribution in [0.4, 0.5) is 0 Å². The third-order valence-electron chi connectivity index (χ3n) is 3.25. The van der Waals surface area contributed by atoms with E-state index in [-0.39, 0.29) is 0 Å². The maximum atomic E-state index is 5.02. The first-order valence-corrected chi connectivity index (χ1v) is 6.94. The average Bonchev–Trinajstić information content (AvgIpc) is 3.02. The SMILES string of the molecule is CCc1nn(C)cc1Cn1cncc1CNCCOC. The molecule has 2 aromatic rings. The predicted octanol–water partition coefficient (Wildman–Crippen LogP) is 0.963. The number of aromatic nitrogens is 4. The second-order valence-electron chi connectivity index (χ2n) is 4.81. The van der Waals surface area contributed by atoms with E-state index >= 15 is 0 Å². The Morgan fingerprint density at radius 2 is 2.25 bits per heavy atom. The molecule has 0 fully saturated rings. The van der Waals surface area contributed by atoms with Crippen molar-refractivity contribution in [3.05, 3.63) is 35.7 Å². The number of rotatable bonds is 8. The maximum Gasteiger partial charge on any atom is 0.0951 e. The minimum atomic E-state index is 0.719. The molecule has 1 N–H and O–H groups in total. The van der Waals surface area contributed by atoms with E-state index in [1.807, 2.05) is 24.3 Å². The third-order valence-corrected chi connectivity index (χ3v) is 3.25. The molecule has 0 bridgehead atoms. The lowest BCUT2D eigenvalue weighted by molar-refractivity contribution is 0.199. The molecule has 0 atom stereocenters. The standard InChI is InChI=1S/C14H23N5O/c1-4-14-12(9-18(2)17-14)10-19-11-16-8-13(19)7-15-5-6-20-3/h8-9,11,15H,4-7,10H2,1-3H3. The fourth-order valence-corrected chi connectivity index (χ4v) is 2.23. The van der Waals surface area contributed by atoms with Crippen LogP contribution >= 0.6 is 0 Å². The van der Waals surface area contributed by atoms with Crippen LogP contribution in [0.3, 0.4) is 0 Å². The fraction of sp³-hybridized carbons (Fsp3) is 0.571. The lowest BCUT2D eigenvalue weighted by Gasteiger charge is -2.09. The van der Waals surface area contributed by atoms with Gasteiger partial charge >= 0.3 is 0 Å². The van der Waals surface area contributed by atoms with Gasteiger partial charge in [-0.05, 0) is 6.42 Å². The second-order valence-corrected chi connectivity index (χ2v) is 4.81. The molecule has 2 aromatic heterocycles. The largest absolute Gasteiger partial charge is 0.383 e. The van der Waals surface area contributed by atoms with Gasteiger partial charge in [0.25, 0.3) is 0 Å². The number of hydrogen-bond acceptors (Lipinski definition) is 4. The van der Waals surface area contributed by atoms with E-state index in [4.69, 9.17) is 4.74 Å². The molecule has 2 heterocycles. The zero-order valence-corrected chi connectivity index (χ0v) is 12.5. The number of methoxy groups -OCH3 is 1. The smallest absolute Gasteiger partial charge is 0.0951 e. The van der Waals surface area contributed by atoms with Gasteiger partial charge in [0.1, 0.15) is 0 Å². The molecule has 0 unspecified atom stereocenters. The Kier molecular flexibility index (Phi) is 5.31. The van der Waals surface area contributed by atoms with E-state index in [9.17, 15) is 0 Å². The van der Waals surface area contributed by atoms with Crippen molar-refractivity contribution in [1.29, 1.82) is 0 Å². The van der Waals surface area contributed by atoms with E-state index in [1.165, 1.54) is 11.3 Å². The highest BCUT2D eigenvalue weighted by molar-refractivity contribution is 5.18. The van der Waals surface area contributed by atoms with E-state index in [1.54, 1.807) is 7.11 Å². The van der Waals surface area contributed by atoms with Crippen LogP contribution in [0.2, 0.25) is 0 Å². The van der Waals surface area contributed by atoms with Gasteiger partial charge in [0, 0.05) is 45.2 Å². The van der Waals surface area contributed by atoms with Crippen LogP contribution in [0.5, 0.6) is 0 Å². The Morgan fingerprint density at radius 1 is 1.40 bits per heavy atom. The first-order valence-electron chi connectivity index (χ1n) is 6.94. The maximum absolute atomic E-state index is 5.02.